The number of anilines is 2. The van der Waals surface area contributed by atoms with E-state index in [0.29, 0.717) is 0 Å². The second-order valence-electron chi connectivity index (χ2n) is 6.07. The minimum absolute atomic E-state index is 0.766. The van der Waals surface area contributed by atoms with Gasteiger partial charge in [0.05, 0.1) is 0 Å². The lowest BCUT2D eigenvalue weighted by atomic mass is 10.2. The van der Waals surface area contributed by atoms with Crippen molar-refractivity contribution >= 4 is 11.6 Å². The van der Waals surface area contributed by atoms with Crippen molar-refractivity contribution in [3.05, 3.63) is 71.8 Å². The normalized spacial score (nSPS) is 13.0. The van der Waals surface area contributed by atoms with Crippen LogP contribution in [0, 0.1) is 0 Å². The molecule has 1 aliphatic heterocycles. The van der Waals surface area contributed by atoms with Crippen molar-refractivity contribution in [1.29, 1.82) is 0 Å². The lowest BCUT2D eigenvalue weighted by Gasteiger charge is -2.15. The average Bonchev–Trinajstić information content (AvgIpc) is 3.02. The average molecular weight is 316 g/mol. The summed E-state index contributed by atoms with van der Waals surface area (Å²) < 4.78 is 0. The van der Waals surface area contributed by atoms with Crippen molar-refractivity contribution in [3.8, 4) is 11.4 Å². The molecule has 0 saturated carbocycles. The number of nitrogens with one attached hydrogen (secondary N) is 1. The molecular formula is C20H20N4. The monoisotopic (exact) mass is 316 g/mol. The molecule has 3 aromatic rings. The highest BCUT2D eigenvalue weighted by molar-refractivity contribution is 5.68. The fraction of sp³-hybridized carbons (Fsp3) is 0.200. The third-order valence-electron chi connectivity index (χ3n) is 4.38. The third kappa shape index (κ3) is 2.83. The van der Waals surface area contributed by atoms with Crippen LogP contribution < -0.4 is 10.2 Å². The van der Waals surface area contributed by atoms with Crippen molar-refractivity contribution in [2.75, 3.05) is 23.8 Å². The molecule has 0 spiro atoms. The van der Waals surface area contributed by atoms with Gasteiger partial charge in [-0.25, -0.2) is 9.97 Å². The Bertz CT molecular complexity index is 831. The molecule has 1 aliphatic rings. The van der Waals surface area contributed by atoms with E-state index in [-0.39, 0.29) is 0 Å². The van der Waals surface area contributed by atoms with Gasteiger partial charge in [-0.3, -0.25) is 0 Å². The van der Waals surface area contributed by atoms with Gasteiger partial charge in [-0.2, -0.15) is 0 Å². The topological polar surface area (TPSA) is 41.0 Å². The predicted molar refractivity (Wildman–Crippen MR) is 98.2 cm³/mol. The number of aromatic nitrogens is 2. The molecule has 1 aromatic heterocycles. The maximum atomic E-state index is 4.82. The summed E-state index contributed by atoms with van der Waals surface area (Å²) in [6, 6.07) is 20.6. The largest absolute Gasteiger partial charge is 0.366 e. The number of nitrogens with zero attached hydrogens (tertiary/aromatic N) is 3. The molecule has 0 atom stereocenters. The summed E-state index contributed by atoms with van der Waals surface area (Å²) >= 11 is 0. The third-order valence-corrected chi connectivity index (χ3v) is 4.38. The molecule has 120 valence electrons. The van der Waals surface area contributed by atoms with Crippen LogP contribution in [0.3, 0.4) is 0 Å². The summed E-state index contributed by atoms with van der Waals surface area (Å²) in [6.45, 7) is 1.75. The lowest BCUT2D eigenvalue weighted by Crippen LogP contribution is -2.14. The molecule has 0 unspecified atom stereocenters. The zero-order chi connectivity index (χ0) is 16.4. The first-order valence-corrected chi connectivity index (χ1v) is 8.26. The maximum Gasteiger partial charge on any atom is 0.163 e. The molecular weight excluding hydrogens is 296 g/mol. The Labute approximate surface area is 142 Å². The Hall–Kier alpha value is -2.88. The van der Waals surface area contributed by atoms with Crippen molar-refractivity contribution in [1.82, 2.24) is 9.97 Å². The molecule has 2 heterocycles. The van der Waals surface area contributed by atoms with Crippen LogP contribution in [0.1, 0.15) is 11.1 Å². The van der Waals surface area contributed by atoms with E-state index in [0.717, 1.165) is 42.5 Å². The van der Waals surface area contributed by atoms with Crippen LogP contribution in [0.2, 0.25) is 0 Å². The molecule has 0 bridgehead atoms. The first-order chi connectivity index (χ1) is 11.8. The molecule has 4 nitrogen and oxygen atoms in total. The van der Waals surface area contributed by atoms with Gasteiger partial charge in [0.25, 0.3) is 0 Å². The number of hydrogen-bond donors (Lipinski definition) is 1. The Balaban J connectivity index is 1.70. The van der Waals surface area contributed by atoms with E-state index >= 15 is 0 Å². The molecule has 4 rings (SSSR count). The van der Waals surface area contributed by atoms with Crippen molar-refractivity contribution in [2.45, 2.75) is 13.0 Å². The van der Waals surface area contributed by atoms with E-state index < -0.39 is 0 Å². The van der Waals surface area contributed by atoms with Gasteiger partial charge in [-0.05, 0) is 12.0 Å². The highest BCUT2D eigenvalue weighted by Gasteiger charge is 2.23. The zero-order valence-corrected chi connectivity index (χ0v) is 13.7. The first kappa shape index (κ1) is 14.7. The van der Waals surface area contributed by atoms with Crippen LogP contribution in [0.15, 0.2) is 60.7 Å². The molecule has 4 heteroatoms. The molecule has 0 saturated heterocycles. The highest BCUT2D eigenvalue weighted by Crippen LogP contribution is 2.32. The Kier molecular flexibility index (Phi) is 3.87. The minimum Gasteiger partial charge on any atom is -0.366 e. The van der Waals surface area contributed by atoms with E-state index in [1.54, 1.807) is 0 Å². The van der Waals surface area contributed by atoms with E-state index in [1.807, 2.05) is 24.3 Å². The van der Waals surface area contributed by atoms with E-state index in [1.165, 1.54) is 11.1 Å². The van der Waals surface area contributed by atoms with E-state index in [9.17, 15) is 0 Å². The van der Waals surface area contributed by atoms with Gasteiger partial charge in [0.1, 0.15) is 11.6 Å². The van der Waals surface area contributed by atoms with Crippen LogP contribution in [-0.2, 0) is 13.0 Å². The number of fused-ring (bicyclic) bond motifs is 1. The predicted octanol–water partition coefficient (Wildman–Crippen LogP) is 3.75. The maximum absolute atomic E-state index is 4.82. The molecule has 0 aliphatic carbocycles. The van der Waals surface area contributed by atoms with E-state index in [4.69, 9.17) is 9.97 Å². The van der Waals surface area contributed by atoms with Crippen molar-refractivity contribution in [2.24, 2.45) is 0 Å². The fourth-order valence-electron chi connectivity index (χ4n) is 3.05. The first-order valence-electron chi connectivity index (χ1n) is 8.26. The Morgan fingerprint density at radius 3 is 2.42 bits per heavy atom. The van der Waals surface area contributed by atoms with Crippen LogP contribution in [0.25, 0.3) is 11.4 Å². The minimum atomic E-state index is 0.766. The van der Waals surface area contributed by atoms with Crippen LogP contribution in [0.4, 0.5) is 11.6 Å². The second-order valence-corrected chi connectivity index (χ2v) is 6.07. The molecule has 24 heavy (non-hydrogen) atoms. The SMILES string of the molecule is CN1CCc2c(NCc3ccccc3)nc(-c3ccccc3)nc21. The van der Waals surface area contributed by atoms with Gasteiger partial charge in [0.2, 0.25) is 0 Å². The highest BCUT2D eigenvalue weighted by atomic mass is 15.2. The van der Waals surface area contributed by atoms with Crippen molar-refractivity contribution < 1.29 is 0 Å². The van der Waals surface area contributed by atoms with Crippen molar-refractivity contribution in [3.63, 3.8) is 0 Å². The molecule has 2 aromatic carbocycles. The van der Waals surface area contributed by atoms with Gasteiger partial charge >= 0.3 is 0 Å². The Morgan fingerprint density at radius 1 is 0.958 bits per heavy atom. The van der Waals surface area contributed by atoms with E-state index in [2.05, 4.69) is 53.7 Å². The van der Waals surface area contributed by atoms with Gasteiger partial charge in [-0.1, -0.05) is 60.7 Å². The standard InChI is InChI=1S/C20H20N4/c1-24-13-12-17-19(21-14-15-8-4-2-5-9-15)22-18(23-20(17)24)16-10-6-3-7-11-16/h2-11H,12-14H2,1H3,(H,21,22,23). The quantitative estimate of drug-likeness (QED) is 0.796. The summed E-state index contributed by atoms with van der Waals surface area (Å²) in [5.74, 6) is 2.77. The Morgan fingerprint density at radius 2 is 1.67 bits per heavy atom. The van der Waals surface area contributed by atoms with Gasteiger partial charge in [-0.15, -0.1) is 0 Å². The molecule has 0 radical (unpaired) electrons. The molecule has 0 amide bonds. The van der Waals surface area contributed by atoms with Crippen LogP contribution in [-0.4, -0.2) is 23.6 Å². The summed E-state index contributed by atoms with van der Waals surface area (Å²) in [7, 11) is 2.09. The fourth-order valence-corrected chi connectivity index (χ4v) is 3.05. The summed E-state index contributed by atoms with van der Waals surface area (Å²) in [5.41, 5.74) is 3.51. The number of rotatable bonds is 4. The summed E-state index contributed by atoms with van der Waals surface area (Å²) in [4.78, 5) is 11.8. The van der Waals surface area contributed by atoms with Crippen LogP contribution >= 0.6 is 0 Å². The zero-order valence-electron chi connectivity index (χ0n) is 13.7. The number of likely N-dealkylation sites (N-methyl/N-ethyl adjacent to an activating group) is 1. The molecule has 0 fully saturated rings. The smallest absolute Gasteiger partial charge is 0.163 e. The van der Waals surface area contributed by atoms with Gasteiger partial charge in [0, 0.05) is 31.3 Å². The summed E-state index contributed by atoms with van der Waals surface area (Å²) in [6.07, 6.45) is 0.984. The van der Waals surface area contributed by atoms with Gasteiger partial charge < -0.3 is 10.2 Å². The van der Waals surface area contributed by atoms with Crippen LogP contribution in [0.5, 0.6) is 0 Å². The summed E-state index contributed by atoms with van der Waals surface area (Å²) in [5, 5.41) is 3.51. The second kappa shape index (κ2) is 6.32. The number of benzene rings is 2. The van der Waals surface area contributed by atoms with Gasteiger partial charge in [0.15, 0.2) is 5.82 Å². The lowest BCUT2D eigenvalue weighted by molar-refractivity contribution is 0.945. The molecule has 1 N–H and O–H groups in total. The number of hydrogen-bond acceptors (Lipinski definition) is 4.